The number of nitrogen functional groups attached to an aromatic ring is 1. The molecule has 2 aromatic heterocycles. The lowest BCUT2D eigenvalue weighted by molar-refractivity contribution is -0.0883. The van der Waals surface area contributed by atoms with Crippen LogP contribution in [0.5, 0.6) is 0 Å². The molecule has 1 amide bonds. The van der Waals surface area contributed by atoms with Crippen LogP contribution in [0.25, 0.3) is 10.2 Å². The smallest absolute Gasteiger partial charge is 0.397 e. The zero-order chi connectivity index (χ0) is 21.0. The van der Waals surface area contributed by atoms with E-state index in [0.717, 1.165) is 48.8 Å². The second kappa shape index (κ2) is 8.82. The van der Waals surface area contributed by atoms with Crippen LogP contribution in [0.1, 0.15) is 47.8 Å². The Bertz CT molecular complexity index is 1000. The number of aryl methyl sites for hydroxylation is 1. The monoisotopic (exact) mass is 421 g/mol. The van der Waals surface area contributed by atoms with Gasteiger partial charge in [-0.05, 0) is 43.0 Å². The number of anilines is 1. The van der Waals surface area contributed by atoms with Gasteiger partial charge in [0.05, 0.1) is 11.3 Å². The van der Waals surface area contributed by atoms with Crippen molar-refractivity contribution in [1.82, 2.24) is 10.3 Å². The Balaban J connectivity index is 1.76. The summed E-state index contributed by atoms with van der Waals surface area (Å²) >= 11 is 1.18. The van der Waals surface area contributed by atoms with Crippen molar-refractivity contribution < 1.29 is 18.0 Å². The molecule has 0 saturated heterocycles. The summed E-state index contributed by atoms with van der Waals surface area (Å²) in [5.41, 5.74) is 7.18. The minimum absolute atomic E-state index is 0.0715. The number of hydrogen-bond donors (Lipinski definition) is 2. The maximum Gasteiger partial charge on any atom is 0.416 e. The Morgan fingerprint density at radius 1 is 1.28 bits per heavy atom. The molecule has 0 unspecified atom stereocenters. The molecule has 0 aromatic carbocycles. The number of thiophene rings is 1. The summed E-state index contributed by atoms with van der Waals surface area (Å²) in [5.74, 6) is -0.454. The van der Waals surface area contributed by atoms with Gasteiger partial charge in [-0.3, -0.25) is 4.79 Å². The van der Waals surface area contributed by atoms with Crippen LogP contribution in [0.2, 0.25) is 0 Å². The van der Waals surface area contributed by atoms with Crippen molar-refractivity contribution in [1.29, 1.82) is 0 Å². The maximum absolute atomic E-state index is 12.8. The lowest BCUT2D eigenvalue weighted by Crippen LogP contribution is -2.21. The third kappa shape index (κ3) is 5.06. The quantitative estimate of drug-likeness (QED) is 0.590. The Labute approximate surface area is 171 Å². The van der Waals surface area contributed by atoms with Gasteiger partial charge in [-0.1, -0.05) is 31.9 Å². The number of carbonyl (C=O) groups excluding carboxylic acids is 1. The third-order valence-corrected chi connectivity index (χ3v) is 5.75. The number of aromatic nitrogens is 1. The molecule has 0 bridgehead atoms. The fraction of sp³-hybridized carbons (Fsp3) is 0.333. The average Bonchev–Trinajstić information content (AvgIpc) is 2.83. The van der Waals surface area contributed by atoms with Gasteiger partial charge in [-0.2, -0.15) is 13.2 Å². The van der Waals surface area contributed by atoms with Crippen molar-refractivity contribution in [2.24, 2.45) is 0 Å². The van der Waals surface area contributed by atoms with E-state index in [4.69, 9.17) is 5.73 Å². The number of pyridine rings is 1. The standard InChI is InChI=1S/C21H22F3N3OS/c1-2-3-4-6-13-11-16-17(25)18(29-20(16)26-12-13)19(28)27-15-8-5-7-14(9-10-15)21(22,23)24/h7-12H,2-6,25H2,1H3,(H,27,28). The SMILES string of the molecule is CCCCCc1cnc2sc(C(=O)NC3=CCC=C(C(F)(F)F)C=C3)c(N)c2c1. The predicted molar refractivity (Wildman–Crippen MR) is 111 cm³/mol. The molecule has 0 aliphatic heterocycles. The van der Waals surface area contributed by atoms with Crippen LogP contribution in [-0.2, 0) is 6.42 Å². The second-order valence-electron chi connectivity index (χ2n) is 6.84. The largest absolute Gasteiger partial charge is 0.416 e. The molecule has 0 atom stereocenters. The zero-order valence-corrected chi connectivity index (χ0v) is 16.8. The molecule has 0 saturated carbocycles. The Kier molecular flexibility index (Phi) is 6.42. The Morgan fingerprint density at radius 2 is 2.07 bits per heavy atom. The van der Waals surface area contributed by atoms with Crippen molar-refractivity contribution in [3.8, 4) is 0 Å². The van der Waals surface area contributed by atoms with E-state index in [0.29, 0.717) is 21.1 Å². The van der Waals surface area contributed by atoms with Crippen LogP contribution in [0.15, 0.2) is 47.8 Å². The van der Waals surface area contributed by atoms with Gasteiger partial charge in [-0.15, -0.1) is 11.3 Å². The Morgan fingerprint density at radius 3 is 2.79 bits per heavy atom. The molecule has 154 valence electrons. The lowest BCUT2D eigenvalue weighted by Gasteiger charge is -2.06. The molecule has 2 heterocycles. The van der Waals surface area contributed by atoms with Crippen molar-refractivity contribution >= 4 is 33.1 Å². The van der Waals surface area contributed by atoms with E-state index in [1.807, 2.05) is 6.07 Å². The number of unbranched alkanes of at least 4 members (excludes halogenated alkanes) is 2. The normalized spacial score (nSPS) is 14.5. The number of hydrogen-bond acceptors (Lipinski definition) is 4. The van der Waals surface area contributed by atoms with Crippen LogP contribution < -0.4 is 11.1 Å². The van der Waals surface area contributed by atoms with E-state index in [1.54, 1.807) is 6.20 Å². The van der Waals surface area contributed by atoms with Gasteiger partial charge in [0.1, 0.15) is 9.71 Å². The summed E-state index contributed by atoms with van der Waals surface area (Å²) in [5, 5.41) is 3.38. The van der Waals surface area contributed by atoms with E-state index in [9.17, 15) is 18.0 Å². The van der Waals surface area contributed by atoms with Crippen LogP contribution in [0.4, 0.5) is 18.9 Å². The number of nitrogens with two attached hydrogens (primary N) is 1. The molecule has 29 heavy (non-hydrogen) atoms. The third-order valence-electron chi connectivity index (χ3n) is 4.62. The van der Waals surface area contributed by atoms with E-state index in [-0.39, 0.29) is 6.42 Å². The molecule has 0 spiro atoms. The number of carbonyl (C=O) groups is 1. The van der Waals surface area contributed by atoms with Crippen molar-refractivity contribution in [2.45, 2.75) is 45.2 Å². The number of amides is 1. The van der Waals surface area contributed by atoms with Crippen LogP contribution in [-0.4, -0.2) is 17.1 Å². The fourth-order valence-electron chi connectivity index (χ4n) is 3.05. The highest BCUT2D eigenvalue weighted by molar-refractivity contribution is 7.21. The molecule has 2 aromatic rings. The number of nitrogens with one attached hydrogen (secondary N) is 1. The molecular formula is C21H22F3N3OS. The maximum atomic E-state index is 12.8. The number of rotatable bonds is 6. The minimum Gasteiger partial charge on any atom is -0.397 e. The number of halogens is 3. The molecule has 0 fully saturated rings. The molecule has 3 N–H and O–H groups in total. The average molecular weight is 421 g/mol. The molecular weight excluding hydrogens is 399 g/mol. The minimum atomic E-state index is -4.42. The summed E-state index contributed by atoms with van der Waals surface area (Å²) < 4.78 is 38.5. The van der Waals surface area contributed by atoms with Gasteiger partial charge in [0.2, 0.25) is 0 Å². The first-order valence-corrected chi connectivity index (χ1v) is 10.2. The highest BCUT2D eigenvalue weighted by Gasteiger charge is 2.31. The van der Waals surface area contributed by atoms with E-state index < -0.39 is 17.7 Å². The van der Waals surface area contributed by atoms with Crippen molar-refractivity contribution in [3.63, 3.8) is 0 Å². The van der Waals surface area contributed by atoms with Gasteiger partial charge < -0.3 is 11.1 Å². The molecule has 4 nitrogen and oxygen atoms in total. The highest BCUT2D eigenvalue weighted by Crippen LogP contribution is 2.33. The van der Waals surface area contributed by atoms with Gasteiger partial charge in [0.25, 0.3) is 5.91 Å². The second-order valence-corrected chi connectivity index (χ2v) is 7.84. The first-order chi connectivity index (χ1) is 13.8. The Hall–Kier alpha value is -2.61. The predicted octanol–water partition coefficient (Wildman–Crippen LogP) is 5.67. The van der Waals surface area contributed by atoms with Crippen LogP contribution >= 0.6 is 11.3 Å². The van der Waals surface area contributed by atoms with Gasteiger partial charge in [-0.25, -0.2) is 4.98 Å². The summed E-state index contributed by atoms with van der Waals surface area (Å²) in [6, 6.07) is 1.96. The number of allylic oxidation sites excluding steroid dienone is 5. The number of alkyl halides is 3. The van der Waals surface area contributed by atoms with Gasteiger partial charge in [0.15, 0.2) is 0 Å². The van der Waals surface area contributed by atoms with Gasteiger partial charge in [0, 0.05) is 17.3 Å². The van der Waals surface area contributed by atoms with Crippen LogP contribution in [0.3, 0.4) is 0 Å². The fourth-order valence-corrected chi connectivity index (χ4v) is 3.99. The molecule has 1 aliphatic carbocycles. The van der Waals surface area contributed by atoms with Crippen molar-refractivity contribution in [3.05, 3.63) is 58.3 Å². The first kappa shape index (κ1) is 21.1. The molecule has 0 radical (unpaired) electrons. The summed E-state index contributed by atoms with van der Waals surface area (Å²) in [6.07, 6.45) is 6.50. The topological polar surface area (TPSA) is 68.0 Å². The molecule has 8 heteroatoms. The first-order valence-electron chi connectivity index (χ1n) is 9.43. The lowest BCUT2D eigenvalue weighted by atomic mass is 10.1. The van der Waals surface area contributed by atoms with E-state index in [2.05, 4.69) is 17.2 Å². The molecule has 1 aliphatic rings. The zero-order valence-electron chi connectivity index (χ0n) is 16.0. The summed E-state index contributed by atoms with van der Waals surface area (Å²) in [6.45, 7) is 2.14. The van der Waals surface area contributed by atoms with Crippen LogP contribution in [0, 0.1) is 0 Å². The summed E-state index contributed by atoms with van der Waals surface area (Å²) in [7, 11) is 0. The number of fused-ring (bicyclic) bond motifs is 1. The van der Waals surface area contributed by atoms with Gasteiger partial charge >= 0.3 is 6.18 Å². The van der Waals surface area contributed by atoms with Crippen molar-refractivity contribution in [2.75, 3.05) is 5.73 Å². The molecule has 3 rings (SSSR count). The number of nitrogens with zero attached hydrogens (tertiary/aromatic N) is 1. The highest BCUT2D eigenvalue weighted by atomic mass is 32.1. The summed E-state index contributed by atoms with van der Waals surface area (Å²) in [4.78, 5) is 18.1. The van der Waals surface area contributed by atoms with E-state index >= 15 is 0 Å². The van der Waals surface area contributed by atoms with E-state index in [1.165, 1.54) is 23.5 Å².